The van der Waals surface area contributed by atoms with E-state index in [1.54, 1.807) is 0 Å². The van der Waals surface area contributed by atoms with Crippen LogP contribution in [0.4, 0.5) is 0 Å². The van der Waals surface area contributed by atoms with Crippen molar-refractivity contribution in [2.45, 2.75) is 31.4 Å². The molecular formula is C15H19N3O. The van der Waals surface area contributed by atoms with E-state index in [0.717, 1.165) is 30.6 Å². The van der Waals surface area contributed by atoms with Crippen LogP contribution in [0.25, 0.3) is 5.69 Å². The zero-order chi connectivity index (χ0) is 13.1. The van der Waals surface area contributed by atoms with Crippen molar-refractivity contribution in [1.82, 2.24) is 15.1 Å². The van der Waals surface area contributed by atoms with Crippen molar-refractivity contribution in [1.29, 1.82) is 0 Å². The minimum Gasteiger partial charge on any atom is -0.389 e. The first-order valence-electron chi connectivity index (χ1n) is 6.78. The monoisotopic (exact) mass is 257 g/mol. The predicted molar refractivity (Wildman–Crippen MR) is 74.1 cm³/mol. The number of hydrogen-bond donors (Lipinski definition) is 2. The molecule has 1 fully saturated rings. The molecule has 0 unspecified atom stereocenters. The fraction of sp³-hybridized carbons (Fsp3) is 0.400. The van der Waals surface area contributed by atoms with Crippen LogP contribution in [0.15, 0.2) is 42.6 Å². The van der Waals surface area contributed by atoms with E-state index in [-0.39, 0.29) is 0 Å². The van der Waals surface area contributed by atoms with Crippen molar-refractivity contribution >= 4 is 0 Å². The molecule has 3 rings (SSSR count). The summed E-state index contributed by atoms with van der Waals surface area (Å²) >= 11 is 0. The molecule has 1 aliphatic rings. The van der Waals surface area contributed by atoms with Gasteiger partial charge < -0.3 is 10.4 Å². The van der Waals surface area contributed by atoms with Crippen molar-refractivity contribution in [3.63, 3.8) is 0 Å². The fourth-order valence-electron chi connectivity index (χ4n) is 2.37. The van der Waals surface area contributed by atoms with E-state index in [4.69, 9.17) is 0 Å². The van der Waals surface area contributed by atoms with E-state index in [0.29, 0.717) is 13.1 Å². The molecule has 0 bridgehead atoms. The van der Waals surface area contributed by atoms with Gasteiger partial charge in [0, 0.05) is 19.3 Å². The molecule has 2 aromatic rings. The van der Waals surface area contributed by atoms with Crippen LogP contribution in [0.2, 0.25) is 0 Å². The quantitative estimate of drug-likeness (QED) is 0.860. The molecule has 2 N–H and O–H groups in total. The molecule has 0 atom stereocenters. The summed E-state index contributed by atoms with van der Waals surface area (Å²) in [6.07, 6.45) is 4.93. The summed E-state index contributed by atoms with van der Waals surface area (Å²) in [5.74, 6) is 0. The highest BCUT2D eigenvalue weighted by Crippen LogP contribution is 2.30. The number of nitrogens with one attached hydrogen (secondary N) is 1. The summed E-state index contributed by atoms with van der Waals surface area (Å²) in [6, 6.07) is 12.1. The Morgan fingerprint density at radius 2 is 2.00 bits per heavy atom. The van der Waals surface area contributed by atoms with Gasteiger partial charge in [-0.1, -0.05) is 18.2 Å². The largest absolute Gasteiger partial charge is 0.389 e. The number of hydrogen-bond acceptors (Lipinski definition) is 3. The second-order valence-electron chi connectivity index (χ2n) is 5.27. The molecule has 4 heteroatoms. The van der Waals surface area contributed by atoms with Crippen molar-refractivity contribution in [3.05, 3.63) is 48.3 Å². The highest BCUT2D eigenvalue weighted by Gasteiger charge is 2.33. The van der Waals surface area contributed by atoms with Gasteiger partial charge in [0.25, 0.3) is 0 Å². The van der Waals surface area contributed by atoms with Crippen LogP contribution < -0.4 is 5.32 Å². The van der Waals surface area contributed by atoms with Crippen LogP contribution in [-0.4, -0.2) is 27.0 Å². The Morgan fingerprint density at radius 3 is 2.68 bits per heavy atom. The number of para-hydroxylation sites is 1. The molecule has 1 aliphatic carbocycles. The second kappa shape index (κ2) is 5.15. The first-order valence-corrected chi connectivity index (χ1v) is 6.78. The minimum absolute atomic E-state index is 0.470. The maximum atomic E-state index is 9.98. The van der Waals surface area contributed by atoms with Gasteiger partial charge in [-0.2, -0.15) is 5.10 Å². The number of nitrogens with zero attached hydrogens (tertiary/aromatic N) is 2. The van der Waals surface area contributed by atoms with Gasteiger partial charge >= 0.3 is 0 Å². The number of aromatic nitrogens is 2. The molecule has 0 aliphatic heterocycles. The Hall–Kier alpha value is -1.65. The molecule has 4 nitrogen and oxygen atoms in total. The second-order valence-corrected chi connectivity index (χ2v) is 5.27. The highest BCUT2D eigenvalue weighted by molar-refractivity contribution is 5.30. The minimum atomic E-state index is -0.470. The summed E-state index contributed by atoms with van der Waals surface area (Å²) in [5, 5.41) is 17.8. The summed E-state index contributed by atoms with van der Waals surface area (Å²) < 4.78 is 1.87. The van der Waals surface area contributed by atoms with Crippen molar-refractivity contribution in [2.24, 2.45) is 0 Å². The van der Waals surface area contributed by atoms with Gasteiger partial charge in [0.1, 0.15) is 0 Å². The van der Waals surface area contributed by atoms with Gasteiger partial charge in [0.15, 0.2) is 0 Å². The molecule has 0 saturated heterocycles. The normalized spacial score (nSPS) is 17.1. The first kappa shape index (κ1) is 12.4. The maximum absolute atomic E-state index is 9.98. The van der Waals surface area contributed by atoms with Crippen LogP contribution in [0.1, 0.15) is 25.0 Å². The Balaban J connectivity index is 1.56. The Morgan fingerprint density at radius 1 is 1.21 bits per heavy atom. The summed E-state index contributed by atoms with van der Waals surface area (Å²) in [6.45, 7) is 1.35. The Kier molecular flexibility index (Phi) is 3.36. The van der Waals surface area contributed by atoms with Crippen LogP contribution in [0.3, 0.4) is 0 Å². The topological polar surface area (TPSA) is 50.1 Å². The molecule has 0 spiro atoms. The Bertz CT molecular complexity index is 531. The van der Waals surface area contributed by atoms with E-state index < -0.39 is 5.60 Å². The molecule has 0 radical (unpaired) electrons. The van der Waals surface area contributed by atoms with Crippen LogP contribution >= 0.6 is 0 Å². The predicted octanol–water partition coefficient (Wildman–Crippen LogP) is 1.88. The molecule has 1 saturated carbocycles. The lowest BCUT2D eigenvalue weighted by molar-refractivity contribution is -0.0315. The lowest BCUT2D eigenvalue weighted by Crippen LogP contribution is -2.46. The standard InChI is InChI=1S/C15H19N3O/c19-15(8-4-9-15)12-16-11-13-7-10-18(17-13)14-5-2-1-3-6-14/h1-3,5-7,10,16,19H,4,8-9,11-12H2. The van der Waals surface area contributed by atoms with Crippen molar-refractivity contribution < 1.29 is 5.11 Å². The van der Waals surface area contributed by atoms with E-state index >= 15 is 0 Å². The first-order chi connectivity index (χ1) is 9.25. The highest BCUT2D eigenvalue weighted by atomic mass is 16.3. The third-order valence-corrected chi connectivity index (χ3v) is 3.71. The van der Waals surface area contributed by atoms with Gasteiger partial charge in [-0.05, 0) is 37.5 Å². The van der Waals surface area contributed by atoms with Gasteiger partial charge in [0.2, 0.25) is 0 Å². The molecule has 1 aromatic heterocycles. The van der Waals surface area contributed by atoms with Crippen LogP contribution in [0.5, 0.6) is 0 Å². The lowest BCUT2D eigenvalue weighted by Gasteiger charge is -2.36. The average Bonchev–Trinajstić information content (AvgIpc) is 2.87. The van der Waals surface area contributed by atoms with E-state index in [2.05, 4.69) is 10.4 Å². The zero-order valence-corrected chi connectivity index (χ0v) is 10.9. The Labute approximate surface area is 113 Å². The van der Waals surface area contributed by atoms with E-state index in [9.17, 15) is 5.11 Å². The number of aliphatic hydroxyl groups is 1. The maximum Gasteiger partial charge on any atom is 0.0771 e. The summed E-state index contributed by atoms with van der Waals surface area (Å²) in [5.41, 5.74) is 1.58. The SMILES string of the molecule is OC1(CNCc2ccn(-c3ccccc3)n2)CCC1. The zero-order valence-electron chi connectivity index (χ0n) is 10.9. The summed E-state index contributed by atoms with van der Waals surface area (Å²) in [4.78, 5) is 0. The van der Waals surface area contributed by atoms with Crippen molar-refractivity contribution in [3.8, 4) is 5.69 Å². The van der Waals surface area contributed by atoms with Gasteiger partial charge in [-0.15, -0.1) is 0 Å². The van der Waals surface area contributed by atoms with Gasteiger partial charge in [0.05, 0.1) is 17.0 Å². The third kappa shape index (κ3) is 2.85. The van der Waals surface area contributed by atoms with E-state index in [1.165, 1.54) is 0 Å². The smallest absolute Gasteiger partial charge is 0.0771 e. The molecular weight excluding hydrogens is 238 g/mol. The van der Waals surface area contributed by atoms with Gasteiger partial charge in [-0.3, -0.25) is 0 Å². The van der Waals surface area contributed by atoms with Crippen LogP contribution in [-0.2, 0) is 6.54 Å². The van der Waals surface area contributed by atoms with Crippen LogP contribution in [0, 0.1) is 0 Å². The molecule has 0 amide bonds. The average molecular weight is 257 g/mol. The molecule has 1 aromatic carbocycles. The van der Waals surface area contributed by atoms with Gasteiger partial charge in [-0.25, -0.2) is 4.68 Å². The summed E-state index contributed by atoms with van der Waals surface area (Å²) in [7, 11) is 0. The third-order valence-electron chi connectivity index (χ3n) is 3.71. The molecule has 100 valence electrons. The lowest BCUT2D eigenvalue weighted by atomic mass is 9.80. The fourth-order valence-corrected chi connectivity index (χ4v) is 2.37. The number of rotatable bonds is 5. The van der Waals surface area contributed by atoms with E-state index in [1.807, 2.05) is 47.3 Å². The molecule has 19 heavy (non-hydrogen) atoms. The number of benzene rings is 1. The molecule has 1 heterocycles. The van der Waals surface area contributed by atoms with Crippen molar-refractivity contribution in [2.75, 3.05) is 6.54 Å².